The Labute approximate surface area is 211 Å². The van der Waals surface area contributed by atoms with Crippen molar-refractivity contribution in [3.8, 4) is 28.6 Å². The van der Waals surface area contributed by atoms with E-state index in [-0.39, 0.29) is 18.0 Å². The van der Waals surface area contributed by atoms with Crippen LogP contribution in [0.2, 0.25) is 0 Å². The smallest absolute Gasteiger partial charge is 0.273 e. The number of rotatable bonds is 7. The van der Waals surface area contributed by atoms with Crippen LogP contribution in [0.15, 0.2) is 70.2 Å². The highest BCUT2D eigenvalue weighted by molar-refractivity contribution is 9.10. The van der Waals surface area contributed by atoms with Crippen LogP contribution in [-0.4, -0.2) is 31.7 Å². The van der Waals surface area contributed by atoms with Gasteiger partial charge in [-0.3, -0.25) is 14.3 Å². The highest BCUT2D eigenvalue weighted by Crippen LogP contribution is 2.27. The fourth-order valence-corrected chi connectivity index (χ4v) is 3.93. The second-order valence-corrected chi connectivity index (χ2v) is 9.26. The number of nitrogens with zero attached hydrogens (tertiary/aromatic N) is 4. The average molecular weight is 537 g/mol. The summed E-state index contributed by atoms with van der Waals surface area (Å²) in [6.07, 6.45) is 3.19. The van der Waals surface area contributed by atoms with E-state index in [1.54, 1.807) is 56.1 Å². The number of halogens is 1. The van der Waals surface area contributed by atoms with E-state index in [1.807, 2.05) is 37.3 Å². The van der Waals surface area contributed by atoms with Gasteiger partial charge in [0.25, 0.3) is 5.56 Å². The number of aryl methyl sites for hydroxylation is 1. The summed E-state index contributed by atoms with van der Waals surface area (Å²) in [6, 6.07) is 14.6. The number of aromatic nitrogens is 4. The van der Waals surface area contributed by atoms with Crippen LogP contribution in [0.5, 0.6) is 11.5 Å². The lowest BCUT2D eigenvalue weighted by molar-refractivity contribution is 0.0688. The van der Waals surface area contributed by atoms with E-state index in [0.29, 0.717) is 33.0 Å². The maximum atomic E-state index is 13.3. The first-order chi connectivity index (χ1) is 16.7. The van der Waals surface area contributed by atoms with Crippen LogP contribution < -0.4 is 15.0 Å². The van der Waals surface area contributed by atoms with Gasteiger partial charge in [-0.25, -0.2) is 9.97 Å². The molecule has 0 spiro atoms. The molecule has 3 heterocycles. The first-order valence-electron chi connectivity index (χ1n) is 10.9. The van der Waals surface area contributed by atoms with E-state index < -0.39 is 5.60 Å². The van der Waals surface area contributed by atoms with Gasteiger partial charge in [0.2, 0.25) is 0 Å². The van der Waals surface area contributed by atoms with E-state index in [9.17, 15) is 9.90 Å². The molecule has 9 heteroatoms. The van der Waals surface area contributed by atoms with Gasteiger partial charge in [0.15, 0.2) is 5.82 Å². The van der Waals surface area contributed by atoms with Crippen molar-refractivity contribution in [3.63, 3.8) is 0 Å². The molecule has 0 bridgehead atoms. The molecule has 0 aliphatic rings. The number of hydrogen-bond donors (Lipinski definition) is 1. The Morgan fingerprint density at radius 1 is 1.06 bits per heavy atom. The van der Waals surface area contributed by atoms with Crippen LogP contribution >= 0.6 is 15.9 Å². The third-order valence-electron chi connectivity index (χ3n) is 5.30. The predicted molar refractivity (Wildman–Crippen MR) is 136 cm³/mol. The fraction of sp³-hybridized carbons (Fsp3) is 0.231. The summed E-state index contributed by atoms with van der Waals surface area (Å²) < 4.78 is 13.1. The lowest BCUT2D eigenvalue weighted by Crippen LogP contribution is -2.22. The van der Waals surface area contributed by atoms with Gasteiger partial charge in [0.1, 0.15) is 28.2 Å². The molecule has 35 heavy (non-hydrogen) atoms. The maximum Gasteiger partial charge on any atom is 0.273 e. The predicted octanol–water partition coefficient (Wildman–Crippen LogP) is 4.58. The van der Waals surface area contributed by atoms with E-state index in [4.69, 9.17) is 9.47 Å². The van der Waals surface area contributed by atoms with Gasteiger partial charge in [0, 0.05) is 24.2 Å². The second kappa shape index (κ2) is 9.97. The molecule has 0 unspecified atom stereocenters. The molecule has 1 N–H and O–H groups in total. The number of pyridine rings is 2. The summed E-state index contributed by atoms with van der Waals surface area (Å²) in [6.45, 7) is 5.36. The van der Waals surface area contributed by atoms with Gasteiger partial charge >= 0.3 is 0 Å². The lowest BCUT2D eigenvalue weighted by Gasteiger charge is -2.16. The largest absolute Gasteiger partial charge is 0.497 e. The van der Waals surface area contributed by atoms with Crippen molar-refractivity contribution < 1.29 is 14.6 Å². The van der Waals surface area contributed by atoms with Gasteiger partial charge in [-0.2, -0.15) is 0 Å². The molecular weight excluding hydrogens is 512 g/mol. The number of ether oxygens (including phenoxy) is 2. The molecule has 4 aromatic rings. The van der Waals surface area contributed by atoms with E-state index in [1.165, 1.54) is 0 Å². The summed E-state index contributed by atoms with van der Waals surface area (Å²) in [5.41, 5.74) is 1.89. The Balaban J connectivity index is 1.66. The molecule has 4 rings (SSSR count). The highest BCUT2D eigenvalue weighted by atomic mass is 79.9. The molecule has 3 aromatic heterocycles. The number of benzene rings is 1. The monoisotopic (exact) mass is 536 g/mol. The second-order valence-electron chi connectivity index (χ2n) is 8.47. The van der Waals surface area contributed by atoms with Crippen molar-refractivity contribution >= 4 is 15.9 Å². The zero-order valence-electron chi connectivity index (χ0n) is 19.8. The first kappa shape index (κ1) is 24.6. The highest BCUT2D eigenvalue weighted by Gasteiger charge is 2.20. The Bertz CT molecular complexity index is 1430. The van der Waals surface area contributed by atoms with Crippen LogP contribution in [0.3, 0.4) is 0 Å². The first-order valence-corrected chi connectivity index (χ1v) is 11.7. The van der Waals surface area contributed by atoms with E-state index >= 15 is 0 Å². The number of aliphatic hydroxyl groups is 1. The van der Waals surface area contributed by atoms with Crippen molar-refractivity contribution in [1.29, 1.82) is 0 Å². The summed E-state index contributed by atoms with van der Waals surface area (Å²) in [5, 5.41) is 10.3. The molecule has 0 fully saturated rings. The Morgan fingerprint density at radius 2 is 1.83 bits per heavy atom. The Hall–Kier alpha value is -3.56. The molecule has 0 aliphatic heterocycles. The Morgan fingerprint density at radius 3 is 2.57 bits per heavy atom. The minimum absolute atomic E-state index is 0.261. The summed E-state index contributed by atoms with van der Waals surface area (Å²) >= 11 is 3.41. The molecule has 180 valence electrons. The summed E-state index contributed by atoms with van der Waals surface area (Å²) in [7, 11) is 1.61. The molecule has 0 aliphatic carbocycles. The van der Waals surface area contributed by atoms with Crippen molar-refractivity contribution in [1.82, 2.24) is 19.5 Å². The maximum absolute atomic E-state index is 13.3. The molecule has 0 saturated carbocycles. The van der Waals surface area contributed by atoms with Crippen molar-refractivity contribution in [2.75, 3.05) is 7.11 Å². The minimum atomic E-state index is -1.19. The van der Waals surface area contributed by atoms with Crippen LogP contribution in [0.25, 0.3) is 17.1 Å². The molecule has 8 nitrogen and oxygen atoms in total. The summed E-state index contributed by atoms with van der Waals surface area (Å²) in [5.74, 6) is 1.48. The van der Waals surface area contributed by atoms with Crippen LogP contribution in [0.1, 0.15) is 30.9 Å². The third kappa shape index (κ3) is 5.41. The molecule has 0 radical (unpaired) electrons. The topological polar surface area (TPSA) is 99.4 Å². The van der Waals surface area contributed by atoms with Crippen molar-refractivity contribution in [3.05, 3.63) is 92.8 Å². The molecule has 0 atom stereocenters. The van der Waals surface area contributed by atoms with Crippen LogP contribution in [0, 0.1) is 6.92 Å². The van der Waals surface area contributed by atoms with Crippen LogP contribution in [-0.2, 0) is 12.2 Å². The van der Waals surface area contributed by atoms with Gasteiger partial charge < -0.3 is 14.6 Å². The van der Waals surface area contributed by atoms with Crippen molar-refractivity contribution in [2.24, 2.45) is 0 Å². The van der Waals surface area contributed by atoms with Gasteiger partial charge in [0.05, 0.1) is 24.2 Å². The van der Waals surface area contributed by atoms with E-state index in [0.717, 1.165) is 11.3 Å². The Kier molecular flexibility index (Phi) is 7.00. The molecule has 0 saturated heterocycles. The normalized spacial score (nSPS) is 11.4. The lowest BCUT2D eigenvalue weighted by atomic mass is 10.1. The van der Waals surface area contributed by atoms with Crippen LogP contribution in [0.4, 0.5) is 0 Å². The standard InChI is InChI=1S/C26H25BrN4O4/c1-16-12-22(35-15-17-6-5-7-19(13-17)34-4)23(27)24(32)31(16)18-8-10-28-21(14-18)20-9-11-29-25(30-20)26(2,3)33/h5-14,33H,15H2,1-4H3. The summed E-state index contributed by atoms with van der Waals surface area (Å²) in [4.78, 5) is 26.3. The molecular formula is C26H25BrN4O4. The third-order valence-corrected chi connectivity index (χ3v) is 6.03. The SMILES string of the molecule is COc1cccc(COc2cc(C)n(-c3ccnc(-c4ccnc(C(C)(C)O)n4)c3)c(=O)c2Br)c1. The number of hydrogen-bond acceptors (Lipinski definition) is 7. The minimum Gasteiger partial charge on any atom is -0.497 e. The quantitative estimate of drug-likeness (QED) is 0.369. The van der Waals surface area contributed by atoms with Gasteiger partial charge in [-0.05, 0) is 72.6 Å². The number of methoxy groups -OCH3 is 1. The zero-order valence-corrected chi connectivity index (χ0v) is 21.4. The van der Waals surface area contributed by atoms with Crippen molar-refractivity contribution in [2.45, 2.75) is 33.0 Å². The van der Waals surface area contributed by atoms with E-state index in [2.05, 4.69) is 30.9 Å². The molecule has 1 aromatic carbocycles. The average Bonchev–Trinajstić information content (AvgIpc) is 2.85. The van der Waals surface area contributed by atoms with Gasteiger partial charge in [-0.1, -0.05) is 12.1 Å². The molecule has 0 amide bonds. The fourth-order valence-electron chi connectivity index (χ4n) is 3.53. The van der Waals surface area contributed by atoms with Gasteiger partial charge in [-0.15, -0.1) is 0 Å². The zero-order chi connectivity index (χ0) is 25.2.